The molecule has 2 aliphatic heterocycles. The van der Waals surface area contributed by atoms with Crippen molar-refractivity contribution < 1.29 is 13.2 Å². The second kappa shape index (κ2) is 5.22. The van der Waals surface area contributed by atoms with Crippen LogP contribution in [0.15, 0.2) is 0 Å². The first kappa shape index (κ1) is 13.3. The van der Waals surface area contributed by atoms with Crippen molar-refractivity contribution in [2.75, 3.05) is 32.8 Å². The first-order valence-electron chi connectivity index (χ1n) is 6.34. The molecular formula is C11H22N2O3S. The fourth-order valence-corrected chi connectivity index (χ4v) is 4.15. The van der Waals surface area contributed by atoms with Crippen LogP contribution in [-0.2, 0) is 14.8 Å². The number of ether oxygens (including phenoxy) is 1. The maximum Gasteiger partial charge on any atom is 0.217 e. The van der Waals surface area contributed by atoms with E-state index < -0.39 is 10.0 Å². The topological polar surface area (TPSA) is 58.6 Å². The Morgan fingerprint density at radius 2 is 2.18 bits per heavy atom. The zero-order valence-electron chi connectivity index (χ0n) is 10.6. The minimum absolute atomic E-state index is 0.0561. The number of likely N-dealkylation sites (tertiary alicyclic amines) is 1. The highest BCUT2D eigenvalue weighted by Gasteiger charge is 2.36. The zero-order valence-corrected chi connectivity index (χ0v) is 11.4. The van der Waals surface area contributed by atoms with E-state index in [2.05, 4.69) is 23.5 Å². The van der Waals surface area contributed by atoms with E-state index in [4.69, 9.17) is 4.74 Å². The van der Waals surface area contributed by atoms with E-state index >= 15 is 0 Å². The van der Waals surface area contributed by atoms with Crippen molar-refractivity contribution in [2.24, 2.45) is 5.92 Å². The Morgan fingerprint density at radius 1 is 1.41 bits per heavy atom. The van der Waals surface area contributed by atoms with Crippen LogP contribution < -0.4 is 4.72 Å². The summed E-state index contributed by atoms with van der Waals surface area (Å²) >= 11 is 0. The molecule has 0 unspecified atom stereocenters. The lowest BCUT2D eigenvalue weighted by molar-refractivity contribution is 0.198. The molecule has 1 N–H and O–H groups in total. The van der Waals surface area contributed by atoms with Crippen LogP contribution in [0.5, 0.6) is 0 Å². The number of nitrogens with one attached hydrogen (secondary N) is 1. The molecular weight excluding hydrogens is 240 g/mol. The molecule has 2 saturated heterocycles. The quantitative estimate of drug-likeness (QED) is 0.777. The molecule has 0 spiro atoms. The van der Waals surface area contributed by atoms with Gasteiger partial charge in [-0.3, -0.25) is 0 Å². The van der Waals surface area contributed by atoms with Crippen LogP contribution in [0.1, 0.15) is 20.3 Å². The largest absolute Gasteiger partial charge is 0.380 e. The zero-order chi connectivity index (χ0) is 12.5. The van der Waals surface area contributed by atoms with E-state index in [1.807, 2.05) is 0 Å². The van der Waals surface area contributed by atoms with Gasteiger partial charge in [0.2, 0.25) is 10.0 Å². The summed E-state index contributed by atoms with van der Waals surface area (Å²) in [6.45, 7) is 7.90. The normalized spacial score (nSPS) is 35.5. The summed E-state index contributed by atoms with van der Waals surface area (Å²) in [7, 11) is -3.21. The number of sulfonamides is 1. The number of rotatable bonds is 4. The Hall–Kier alpha value is -0.170. The van der Waals surface area contributed by atoms with Gasteiger partial charge in [0.25, 0.3) is 0 Å². The average molecular weight is 262 g/mol. The molecule has 2 aliphatic rings. The third-order valence-electron chi connectivity index (χ3n) is 3.78. The highest BCUT2D eigenvalue weighted by atomic mass is 32.2. The second-order valence-electron chi connectivity index (χ2n) is 5.08. The molecule has 0 aromatic rings. The fourth-order valence-electron chi connectivity index (χ4n) is 2.54. The minimum Gasteiger partial charge on any atom is -0.380 e. The molecule has 2 fully saturated rings. The van der Waals surface area contributed by atoms with Gasteiger partial charge in [0.15, 0.2) is 0 Å². The van der Waals surface area contributed by atoms with Crippen LogP contribution in [0.3, 0.4) is 0 Å². The van der Waals surface area contributed by atoms with Gasteiger partial charge in [-0.15, -0.1) is 0 Å². The lowest BCUT2D eigenvalue weighted by atomic mass is 10.1. The van der Waals surface area contributed by atoms with E-state index in [1.54, 1.807) is 0 Å². The van der Waals surface area contributed by atoms with E-state index in [0.717, 1.165) is 19.6 Å². The van der Waals surface area contributed by atoms with Gasteiger partial charge in [-0.1, -0.05) is 13.8 Å². The molecule has 3 atom stereocenters. The highest BCUT2D eigenvalue weighted by Crippen LogP contribution is 2.19. The first-order chi connectivity index (χ1) is 8.03. The molecule has 6 heteroatoms. The lowest BCUT2D eigenvalue weighted by Crippen LogP contribution is -2.44. The molecule has 2 rings (SSSR count). The van der Waals surface area contributed by atoms with Gasteiger partial charge < -0.3 is 9.64 Å². The summed E-state index contributed by atoms with van der Waals surface area (Å²) in [6, 6.07) is 0.0561. The van der Waals surface area contributed by atoms with E-state index in [0.29, 0.717) is 25.6 Å². The molecule has 0 radical (unpaired) electrons. The molecule has 0 amide bonds. The minimum atomic E-state index is -3.21. The summed E-state index contributed by atoms with van der Waals surface area (Å²) in [5.41, 5.74) is 0. The SMILES string of the molecule is CCN1C[C@H](NS(=O)(=O)[C@H]2CCOC2)[C@@H](C)C1. The van der Waals surface area contributed by atoms with Crippen molar-refractivity contribution in [3.8, 4) is 0 Å². The van der Waals surface area contributed by atoms with Gasteiger partial charge in [0, 0.05) is 25.7 Å². The van der Waals surface area contributed by atoms with Crippen molar-refractivity contribution >= 4 is 10.0 Å². The van der Waals surface area contributed by atoms with Crippen LogP contribution in [0.2, 0.25) is 0 Å². The fraction of sp³-hybridized carbons (Fsp3) is 1.00. The van der Waals surface area contributed by atoms with Crippen LogP contribution in [0.25, 0.3) is 0 Å². The van der Waals surface area contributed by atoms with Crippen LogP contribution in [0, 0.1) is 5.92 Å². The monoisotopic (exact) mass is 262 g/mol. The second-order valence-corrected chi connectivity index (χ2v) is 7.08. The Bertz CT molecular complexity index is 352. The van der Waals surface area contributed by atoms with E-state index in [1.165, 1.54) is 0 Å². The van der Waals surface area contributed by atoms with Gasteiger partial charge >= 0.3 is 0 Å². The molecule has 0 aliphatic carbocycles. The smallest absolute Gasteiger partial charge is 0.217 e. The van der Waals surface area contributed by atoms with Crippen LogP contribution in [0.4, 0.5) is 0 Å². The molecule has 0 saturated carbocycles. The number of likely N-dealkylation sites (N-methyl/N-ethyl adjacent to an activating group) is 1. The summed E-state index contributed by atoms with van der Waals surface area (Å²) in [5.74, 6) is 0.382. The van der Waals surface area contributed by atoms with Gasteiger partial charge in [0.05, 0.1) is 6.61 Å². The van der Waals surface area contributed by atoms with E-state index in [-0.39, 0.29) is 11.3 Å². The number of hydrogen-bond donors (Lipinski definition) is 1. The van der Waals surface area contributed by atoms with Gasteiger partial charge in [-0.25, -0.2) is 13.1 Å². The maximum atomic E-state index is 12.1. The Kier molecular flexibility index (Phi) is 4.07. The molecule has 100 valence electrons. The lowest BCUT2D eigenvalue weighted by Gasteiger charge is -2.19. The van der Waals surface area contributed by atoms with E-state index in [9.17, 15) is 8.42 Å². The molecule has 2 heterocycles. The van der Waals surface area contributed by atoms with Gasteiger partial charge in [-0.2, -0.15) is 0 Å². The molecule has 0 aromatic heterocycles. The highest BCUT2D eigenvalue weighted by molar-refractivity contribution is 7.90. The summed E-state index contributed by atoms with van der Waals surface area (Å²) < 4.78 is 32.2. The van der Waals surface area contributed by atoms with Crippen molar-refractivity contribution in [1.82, 2.24) is 9.62 Å². The third kappa shape index (κ3) is 2.99. The van der Waals surface area contributed by atoms with Crippen molar-refractivity contribution in [3.63, 3.8) is 0 Å². The van der Waals surface area contributed by atoms with Gasteiger partial charge in [0.1, 0.15) is 5.25 Å². The van der Waals surface area contributed by atoms with Gasteiger partial charge in [-0.05, 0) is 18.9 Å². The van der Waals surface area contributed by atoms with Crippen LogP contribution >= 0.6 is 0 Å². The summed E-state index contributed by atoms with van der Waals surface area (Å²) in [6.07, 6.45) is 0.619. The number of nitrogens with zero attached hydrogens (tertiary/aromatic N) is 1. The average Bonchev–Trinajstić information content (AvgIpc) is 2.88. The summed E-state index contributed by atoms with van der Waals surface area (Å²) in [4.78, 5) is 2.28. The maximum absolute atomic E-state index is 12.1. The predicted molar refractivity (Wildman–Crippen MR) is 66.3 cm³/mol. The Morgan fingerprint density at radius 3 is 2.71 bits per heavy atom. The molecule has 17 heavy (non-hydrogen) atoms. The van der Waals surface area contributed by atoms with Crippen molar-refractivity contribution in [1.29, 1.82) is 0 Å². The molecule has 0 aromatic carbocycles. The molecule has 0 bridgehead atoms. The van der Waals surface area contributed by atoms with Crippen LogP contribution in [-0.4, -0.2) is 57.5 Å². The van der Waals surface area contributed by atoms with Crippen molar-refractivity contribution in [2.45, 2.75) is 31.6 Å². The standard InChI is InChI=1S/C11H22N2O3S/c1-3-13-6-9(2)11(7-13)12-17(14,15)10-4-5-16-8-10/h9-12H,3-8H2,1-2H3/t9-,10-,11-/m0/s1. The first-order valence-corrected chi connectivity index (χ1v) is 7.88. The molecule has 5 nitrogen and oxygen atoms in total. The Balaban J connectivity index is 1.96. The summed E-state index contributed by atoms with van der Waals surface area (Å²) in [5, 5.41) is -0.356. The Labute approximate surface area is 104 Å². The van der Waals surface area contributed by atoms with Crippen molar-refractivity contribution in [3.05, 3.63) is 0 Å². The third-order valence-corrected chi connectivity index (χ3v) is 5.66. The predicted octanol–water partition coefficient (Wildman–Crippen LogP) is 0.0349. The number of hydrogen-bond acceptors (Lipinski definition) is 4.